The average molecular weight is 651 g/mol. The van der Waals surface area contributed by atoms with E-state index in [0.29, 0.717) is 0 Å². The maximum atomic E-state index is 5.17. The van der Waals surface area contributed by atoms with Crippen LogP contribution in [0.2, 0.25) is 0 Å². The van der Waals surface area contributed by atoms with Crippen molar-refractivity contribution in [3.05, 3.63) is 181 Å². The van der Waals surface area contributed by atoms with Gasteiger partial charge in [-0.05, 0) is 83.9 Å². The molecule has 0 spiro atoms. The van der Waals surface area contributed by atoms with Gasteiger partial charge in [0.05, 0.1) is 11.4 Å². The van der Waals surface area contributed by atoms with Crippen LogP contribution >= 0.6 is 0 Å². The van der Waals surface area contributed by atoms with Crippen molar-refractivity contribution in [1.82, 2.24) is 9.97 Å². The minimum atomic E-state index is -0.0664. The second-order valence-corrected chi connectivity index (χ2v) is 14.2. The molecule has 0 aliphatic heterocycles. The van der Waals surface area contributed by atoms with Gasteiger partial charge in [0.15, 0.2) is 5.82 Å². The summed E-state index contributed by atoms with van der Waals surface area (Å²) in [5, 5.41) is 7.44. The number of hydrogen-bond acceptors (Lipinski definition) is 2. The highest BCUT2D eigenvalue weighted by molar-refractivity contribution is 6.28. The van der Waals surface area contributed by atoms with Crippen molar-refractivity contribution in [3.8, 4) is 56.2 Å². The molecule has 9 aromatic rings. The Morgan fingerprint density at radius 2 is 0.902 bits per heavy atom. The highest BCUT2D eigenvalue weighted by Gasteiger charge is 2.35. The molecule has 0 radical (unpaired) electrons. The molecule has 0 unspecified atom stereocenters. The standard InChI is InChI=1S/C49H34N2/c1-49(2)43-23-12-11-20-38(43)39-26-24-33(29-44(39)49)35-21-13-22-40-36-18-9-10-19-37(36)42-28-34(25-27-41(42)47(35)40)48-50-45(31-14-5-3-6-15-31)30-46(51-48)32-16-7-4-8-17-32/h3-30H,1-2H3. The molecule has 2 heteroatoms. The molecule has 1 heterocycles. The van der Waals surface area contributed by atoms with Crippen LogP contribution in [0.1, 0.15) is 25.0 Å². The first-order valence-corrected chi connectivity index (χ1v) is 17.7. The lowest BCUT2D eigenvalue weighted by molar-refractivity contribution is 0.660. The molecule has 0 saturated heterocycles. The maximum Gasteiger partial charge on any atom is 0.160 e. The fourth-order valence-corrected chi connectivity index (χ4v) is 8.35. The fourth-order valence-electron chi connectivity index (χ4n) is 8.35. The molecule has 8 aromatic carbocycles. The zero-order valence-corrected chi connectivity index (χ0v) is 28.6. The van der Waals surface area contributed by atoms with Gasteiger partial charge in [-0.25, -0.2) is 9.97 Å². The van der Waals surface area contributed by atoms with Crippen LogP contribution in [0.5, 0.6) is 0 Å². The molecule has 51 heavy (non-hydrogen) atoms. The molecule has 240 valence electrons. The molecular formula is C49H34N2. The summed E-state index contributed by atoms with van der Waals surface area (Å²) in [7, 11) is 0. The van der Waals surface area contributed by atoms with Crippen LogP contribution in [-0.2, 0) is 5.41 Å². The van der Waals surface area contributed by atoms with Gasteiger partial charge >= 0.3 is 0 Å². The normalized spacial score (nSPS) is 13.1. The summed E-state index contributed by atoms with van der Waals surface area (Å²) in [5.41, 5.74) is 12.8. The van der Waals surface area contributed by atoms with Crippen LogP contribution < -0.4 is 0 Å². The maximum absolute atomic E-state index is 5.17. The minimum absolute atomic E-state index is 0.0664. The Kier molecular flexibility index (Phi) is 6.56. The first-order chi connectivity index (χ1) is 25.0. The van der Waals surface area contributed by atoms with Crippen molar-refractivity contribution in [3.63, 3.8) is 0 Å². The Balaban J connectivity index is 1.21. The number of aromatic nitrogens is 2. The van der Waals surface area contributed by atoms with E-state index in [-0.39, 0.29) is 5.41 Å². The Bertz CT molecular complexity index is 2760. The van der Waals surface area contributed by atoms with E-state index in [1.54, 1.807) is 0 Å². The quantitative estimate of drug-likeness (QED) is 0.177. The van der Waals surface area contributed by atoms with Gasteiger partial charge in [0, 0.05) is 22.1 Å². The molecule has 1 aliphatic carbocycles. The van der Waals surface area contributed by atoms with E-state index in [1.807, 2.05) is 12.1 Å². The zero-order valence-electron chi connectivity index (χ0n) is 28.6. The Morgan fingerprint density at radius 1 is 0.353 bits per heavy atom. The van der Waals surface area contributed by atoms with Crippen LogP contribution in [0, 0.1) is 0 Å². The predicted octanol–water partition coefficient (Wildman–Crippen LogP) is 12.9. The van der Waals surface area contributed by atoms with E-state index in [2.05, 4.69) is 172 Å². The van der Waals surface area contributed by atoms with Crippen molar-refractivity contribution < 1.29 is 0 Å². The van der Waals surface area contributed by atoms with Crippen LogP contribution in [0.15, 0.2) is 170 Å². The van der Waals surface area contributed by atoms with E-state index >= 15 is 0 Å². The van der Waals surface area contributed by atoms with Crippen LogP contribution in [0.25, 0.3) is 88.5 Å². The van der Waals surface area contributed by atoms with E-state index < -0.39 is 0 Å². The molecule has 1 aromatic heterocycles. The Labute approximate surface area is 297 Å². The van der Waals surface area contributed by atoms with Gasteiger partial charge in [-0.1, -0.05) is 166 Å². The summed E-state index contributed by atoms with van der Waals surface area (Å²) >= 11 is 0. The number of fused-ring (bicyclic) bond motifs is 9. The van der Waals surface area contributed by atoms with Crippen LogP contribution in [0.3, 0.4) is 0 Å². The number of rotatable bonds is 4. The van der Waals surface area contributed by atoms with Crippen molar-refractivity contribution in [2.45, 2.75) is 19.3 Å². The fraction of sp³-hybridized carbons (Fsp3) is 0.0612. The molecular weight excluding hydrogens is 617 g/mol. The summed E-state index contributed by atoms with van der Waals surface area (Å²) in [6, 6.07) is 61.2. The molecule has 0 saturated carbocycles. The summed E-state index contributed by atoms with van der Waals surface area (Å²) in [5.74, 6) is 0.718. The zero-order chi connectivity index (χ0) is 34.1. The third-order valence-corrected chi connectivity index (χ3v) is 10.9. The lowest BCUT2D eigenvalue weighted by Crippen LogP contribution is -2.14. The SMILES string of the molecule is CC1(C)c2ccccc2-c2ccc(-c3cccc4c5ccccc5c5cc(-c6nc(-c7ccccc7)cc(-c7ccccc7)n6)ccc5c34)cc21. The highest BCUT2D eigenvalue weighted by Crippen LogP contribution is 2.50. The smallest absolute Gasteiger partial charge is 0.160 e. The largest absolute Gasteiger partial charge is 0.228 e. The van der Waals surface area contributed by atoms with Crippen molar-refractivity contribution in [1.29, 1.82) is 0 Å². The van der Waals surface area contributed by atoms with Crippen molar-refractivity contribution in [2.75, 3.05) is 0 Å². The Morgan fingerprint density at radius 3 is 1.63 bits per heavy atom. The molecule has 1 aliphatic rings. The molecule has 0 N–H and O–H groups in total. The topological polar surface area (TPSA) is 25.8 Å². The van der Waals surface area contributed by atoms with Crippen LogP contribution in [0.4, 0.5) is 0 Å². The summed E-state index contributed by atoms with van der Waals surface area (Å²) in [6.45, 7) is 4.71. The third kappa shape index (κ3) is 4.64. The van der Waals surface area contributed by atoms with Gasteiger partial charge in [-0.3, -0.25) is 0 Å². The highest BCUT2D eigenvalue weighted by atomic mass is 14.9. The lowest BCUT2D eigenvalue weighted by atomic mass is 9.81. The molecule has 10 rings (SSSR count). The third-order valence-electron chi connectivity index (χ3n) is 10.9. The lowest BCUT2D eigenvalue weighted by Gasteiger charge is -2.22. The van der Waals surface area contributed by atoms with Gasteiger partial charge in [0.1, 0.15) is 0 Å². The molecule has 0 amide bonds. The number of hydrogen-bond donors (Lipinski definition) is 0. The summed E-state index contributed by atoms with van der Waals surface area (Å²) in [6.07, 6.45) is 0. The summed E-state index contributed by atoms with van der Waals surface area (Å²) in [4.78, 5) is 10.3. The number of nitrogens with zero attached hydrogens (tertiary/aromatic N) is 2. The number of benzene rings is 8. The second kappa shape index (κ2) is 11.3. The van der Waals surface area contributed by atoms with E-state index in [0.717, 1.165) is 33.9 Å². The van der Waals surface area contributed by atoms with Gasteiger partial charge in [0.25, 0.3) is 0 Å². The first-order valence-electron chi connectivity index (χ1n) is 17.7. The first kappa shape index (κ1) is 29.5. The van der Waals surface area contributed by atoms with Gasteiger partial charge in [-0.15, -0.1) is 0 Å². The summed E-state index contributed by atoms with van der Waals surface area (Å²) < 4.78 is 0. The van der Waals surface area contributed by atoms with Crippen LogP contribution in [-0.4, -0.2) is 9.97 Å². The molecule has 0 bridgehead atoms. The minimum Gasteiger partial charge on any atom is -0.228 e. The molecule has 0 atom stereocenters. The van der Waals surface area contributed by atoms with E-state index in [1.165, 1.54) is 65.7 Å². The second-order valence-electron chi connectivity index (χ2n) is 14.2. The van der Waals surface area contributed by atoms with Gasteiger partial charge in [0.2, 0.25) is 0 Å². The monoisotopic (exact) mass is 650 g/mol. The molecule has 0 fully saturated rings. The van der Waals surface area contributed by atoms with Gasteiger partial charge in [-0.2, -0.15) is 0 Å². The van der Waals surface area contributed by atoms with Gasteiger partial charge < -0.3 is 0 Å². The molecule has 2 nitrogen and oxygen atoms in total. The Hall–Kier alpha value is -6.38. The van der Waals surface area contributed by atoms with E-state index in [4.69, 9.17) is 9.97 Å². The van der Waals surface area contributed by atoms with Crippen molar-refractivity contribution >= 4 is 32.3 Å². The predicted molar refractivity (Wildman–Crippen MR) is 214 cm³/mol. The average Bonchev–Trinajstić information content (AvgIpc) is 3.43. The van der Waals surface area contributed by atoms with Crippen molar-refractivity contribution in [2.24, 2.45) is 0 Å². The van der Waals surface area contributed by atoms with E-state index in [9.17, 15) is 0 Å².